The summed E-state index contributed by atoms with van der Waals surface area (Å²) in [5.41, 5.74) is 6.57. The van der Waals surface area contributed by atoms with Crippen LogP contribution in [-0.2, 0) is 4.79 Å². The zero-order valence-electron chi connectivity index (χ0n) is 11.9. The molecule has 3 rings (SSSR count). The Kier molecular flexibility index (Phi) is 3.82. The summed E-state index contributed by atoms with van der Waals surface area (Å²) in [6, 6.07) is 8.80. The Labute approximate surface area is 124 Å². The van der Waals surface area contributed by atoms with Crippen LogP contribution in [0.2, 0.25) is 0 Å². The Bertz CT molecular complexity index is 532. The largest absolute Gasteiger partial charge is 0.409 e. The molecule has 0 spiro atoms. The van der Waals surface area contributed by atoms with Gasteiger partial charge in [0, 0.05) is 5.92 Å². The van der Waals surface area contributed by atoms with Gasteiger partial charge in [-0.15, -0.1) is 0 Å². The number of nitrogens with zero attached hydrogens (tertiary/aromatic N) is 1. The molecule has 5 heteroatoms. The molecule has 2 fully saturated rings. The van der Waals surface area contributed by atoms with Gasteiger partial charge in [0.1, 0.15) is 6.04 Å². The van der Waals surface area contributed by atoms with Crippen molar-refractivity contribution in [2.24, 2.45) is 28.6 Å². The van der Waals surface area contributed by atoms with E-state index in [1.807, 2.05) is 30.3 Å². The molecule has 1 aromatic carbocycles. The maximum Gasteiger partial charge on any atom is 0.224 e. The highest BCUT2D eigenvalue weighted by Crippen LogP contribution is 2.55. The van der Waals surface area contributed by atoms with E-state index in [9.17, 15) is 4.79 Å². The molecular weight excluding hydrogens is 266 g/mol. The van der Waals surface area contributed by atoms with Gasteiger partial charge in [-0.05, 0) is 30.2 Å². The van der Waals surface area contributed by atoms with Crippen LogP contribution in [0.15, 0.2) is 35.5 Å². The molecule has 2 saturated carbocycles. The Morgan fingerprint density at radius 3 is 2.43 bits per heavy atom. The number of rotatable bonds is 4. The Balaban J connectivity index is 1.72. The van der Waals surface area contributed by atoms with Gasteiger partial charge < -0.3 is 16.3 Å². The van der Waals surface area contributed by atoms with Crippen LogP contribution in [0.25, 0.3) is 0 Å². The van der Waals surface area contributed by atoms with E-state index in [2.05, 4.69) is 10.5 Å². The van der Waals surface area contributed by atoms with Crippen LogP contribution in [-0.4, -0.2) is 17.0 Å². The van der Waals surface area contributed by atoms with E-state index in [-0.39, 0.29) is 17.7 Å². The van der Waals surface area contributed by atoms with Gasteiger partial charge in [-0.25, -0.2) is 0 Å². The summed E-state index contributed by atoms with van der Waals surface area (Å²) in [7, 11) is 0. The number of hydrogen-bond acceptors (Lipinski definition) is 3. The maximum absolute atomic E-state index is 12.5. The summed E-state index contributed by atoms with van der Waals surface area (Å²) >= 11 is 0. The summed E-state index contributed by atoms with van der Waals surface area (Å²) in [5, 5.41) is 15.0. The third-order valence-corrected chi connectivity index (χ3v) is 4.79. The standard InChI is InChI=1S/C16H21N3O2/c17-15(19-21)14(10-6-2-1-3-7-10)18-16(20)13-11-8-4-5-9-12(11)13/h1-3,6-7,11-14,21H,4-5,8-9H2,(H2,17,19)(H,18,20). The predicted molar refractivity (Wildman–Crippen MR) is 79.7 cm³/mol. The van der Waals surface area contributed by atoms with Gasteiger partial charge in [0.15, 0.2) is 5.84 Å². The number of amides is 1. The van der Waals surface area contributed by atoms with Gasteiger partial charge in [-0.3, -0.25) is 4.79 Å². The summed E-state index contributed by atoms with van der Waals surface area (Å²) < 4.78 is 0. The molecule has 0 aromatic heterocycles. The van der Waals surface area contributed by atoms with Gasteiger partial charge in [-0.1, -0.05) is 48.3 Å². The lowest BCUT2D eigenvalue weighted by atomic mass is 10.0. The number of benzene rings is 1. The summed E-state index contributed by atoms with van der Waals surface area (Å²) in [4.78, 5) is 12.5. The monoisotopic (exact) mass is 287 g/mol. The van der Waals surface area contributed by atoms with Gasteiger partial charge in [0.05, 0.1) is 0 Å². The molecule has 4 N–H and O–H groups in total. The number of fused-ring (bicyclic) bond motifs is 1. The molecule has 1 aromatic rings. The molecule has 21 heavy (non-hydrogen) atoms. The number of nitrogens with two attached hydrogens (primary N) is 1. The summed E-state index contributed by atoms with van der Waals surface area (Å²) in [6.07, 6.45) is 4.77. The minimum absolute atomic E-state index is 0.0122. The van der Waals surface area contributed by atoms with Crippen LogP contribution in [0.4, 0.5) is 0 Å². The molecule has 0 aliphatic heterocycles. The molecule has 0 heterocycles. The average Bonchev–Trinajstić information content (AvgIpc) is 3.27. The lowest BCUT2D eigenvalue weighted by molar-refractivity contribution is -0.123. The third-order valence-electron chi connectivity index (χ3n) is 4.79. The molecule has 3 unspecified atom stereocenters. The normalized spacial score (nSPS) is 29.3. The topological polar surface area (TPSA) is 87.7 Å². The van der Waals surface area contributed by atoms with E-state index in [1.165, 1.54) is 12.8 Å². The lowest BCUT2D eigenvalue weighted by Crippen LogP contribution is -2.38. The van der Waals surface area contributed by atoms with Gasteiger partial charge in [-0.2, -0.15) is 0 Å². The van der Waals surface area contributed by atoms with Crippen molar-refractivity contribution in [1.29, 1.82) is 0 Å². The molecule has 3 atom stereocenters. The fourth-order valence-electron chi connectivity index (χ4n) is 3.65. The van der Waals surface area contributed by atoms with Crippen molar-refractivity contribution in [3.63, 3.8) is 0 Å². The number of carbonyl (C=O) groups excluding carboxylic acids is 1. The van der Waals surface area contributed by atoms with Crippen molar-refractivity contribution in [2.75, 3.05) is 0 Å². The zero-order valence-corrected chi connectivity index (χ0v) is 11.9. The number of nitrogens with one attached hydrogen (secondary N) is 1. The van der Waals surface area contributed by atoms with Crippen molar-refractivity contribution >= 4 is 11.7 Å². The van der Waals surface area contributed by atoms with E-state index < -0.39 is 6.04 Å². The van der Waals surface area contributed by atoms with Crippen LogP contribution < -0.4 is 11.1 Å². The highest BCUT2D eigenvalue weighted by atomic mass is 16.4. The van der Waals surface area contributed by atoms with Crippen molar-refractivity contribution < 1.29 is 10.0 Å². The van der Waals surface area contributed by atoms with Crippen LogP contribution >= 0.6 is 0 Å². The van der Waals surface area contributed by atoms with E-state index in [0.29, 0.717) is 11.8 Å². The van der Waals surface area contributed by atoms with Gasteiger partial charge in [0.25, 0.3) is 0 Å². The molecule has 2 aliphatic rings. The Morgan fingerprint density at radius 2 is 1.86 bits per heavy atom. The first-order valence-corrected chi connectivity index (χ1v) is 7.55. The van der Waals surface area contributed by atoms with Crippen molar-refractivity contribution in [1.82, 2.24) is 5.32 Å². The maximum atomic E-state index is 12.5. The molecule has 2 aliphatic carbocycles. The van der Waals surface area contributed by atoms with E-state index >= 15 is 0 Å². The third kappa shape index (κ3) is 2.73. The fourth-order valence-corrected chi connectivity index (χ4v) is 3.65. The van der Waals surface area contributed by atoms with E-state index in [0.717, 1.165) is 18.4 Å². The minimum Gasteiger partial charge on any atom is -0.409 e. The average molecular weight is 287 g/mol. The van der Waals surface area contributed by atoms with E-state index in [4.69, 9.17) is 10.9 Å². The van der Waals surface area contributed by atoms with E-state index in [1.54, 1.807) is 0 Å². The quantitative estimate of drug-likeness (QED) is 0.343. The highest BCUT2D eigenvalue weighted by molar-refractivity contribution is 5.92. The number of carbonyl (C=O) groups is 1. The molecular formula is C16H21N3O2. The molecule has 0 bridgehead atoms. The van der Waals surface area contributed by atoms with Crippen molar-refractivity contribution in [3.8, 4) is 0 Å². The highest BCUT2D eigenvalue weighted by Gasteiger charge is 2.54. The van der Waals surface area contributed by atoms with Gasteiger partial charge >= 0.3 is 0 Å². The molecule has 0 saturated heterocycles. The number of oxime groups is 1. The molecule has 0 radical (unpaired) electrons. The Hall–Kier alpha value is -2.04. The molecule has 5 nitrogen and oxygen atoms in total. The van der Waals surface area contributed by atoms with Crippen LogP contribution in [0.1, 0.15) is 37.3 Å². The van der Waals surface area contributed by atoms with Crippen molar-refractivity contribution in [3.05, 3.63) is 35.9 Å². The number of amidine groups is 1. The van der Waals surface area contributed by atoms with Crippen LogP contribution in [0.5, 0.6) is 0 Å². The Morgan fingerprint density at radius 1 is 1.24 bits per heavy atom. The van der Waals surface area contributed by atoms with Crippen LogP contribution in [0, 0.1) is 17.8 Å². The lowest BCUT2D eigenvalue weighted by Gasteiger charge is -2.18. The SMILES string of the molecule is N/C(=N/O)C(NC(=O)C1C2CCCCC21)c1ccccc1. The number of hydrogen-bond donors (Lipinski definition) is 3. The second-order valence-corrected chi connectivity index (χ2v) is 6.02. The fraction of sp³-hybridized carbons (Fsp3) is 0.500. The summed E-state index contributed by atoms with van der Waals surface area (Å²) in [5.74, 6) is 1.25. The first-order valence-electron chi connectivity index (χ1n) is 7.55. The second kappa shape index (κ2) is 5.76. The first kappa shape index (κ1) is 13.9. The van der Waals surface area contributed by atoms with Gasteiger partial charge in [0.2, 0.25) is 5.91 Å². The zero-order chi connectivity index (χ0) is 14.8. The second-order valence-electron chi connectivity index (χ2n) is 6.02. The first-order chi connectivity index (χ1) is 10.2. The van der Waals surface area contributed by atoms with Crippen LogP contribution in [0.3, 0.4) is 0 Å². The minimum atomic E-state index is -0.564. The predicted octanol–water partition coefficient (Wildman–Crippen LogP) is 2.03. The molecule has 112 valence electrons. The van der Waals surface area contributed by atoms with Crippen molar-refractivity contribution in [2.45, 2.75) is 31.7 Å². The smallest absolute Gasteiger partial charge is 0.224 e. The summed E-state index contributed by atoms with van der Waals surface area (Å²) in [6.45, 7) is 0. The molecule has 1 amide bonds.